The third-order valence-electron chi connectivity index (χ3n) is 2.26. The van der Waals surface area contributed by atoms with Gasteiger partial charge in [0.2, 0.25) is 0 Å². The van der Waals surface area contributed by atoms with Gasteiger partial charge in [-0.25, -0.2) is 4.98 Å². The topological polar surface area (TPSA) is 50.9 Å². The van der Waals surface area contributed by atoms with Gasteiger partial charge in [-0.1, -0.05) is 6.07 Å². The monoisotopic (exact) mass is 253 g/mol. The van der Waals surface area contributed by atoms with Crippen molar-refractivity contribution in [1.82, 2.24) is 4.98 Å². The molecule has 0 spiro atoms. The molecule has 0 saturated heterocycles. The van der Waals surface area contributed by atoms with Gasteiger partial charge in [0.25, 0.3) is 0 Å². The largest absolute Gasteiger partial charge is 0.416 e. The second-order valence-electron chi connectivity index (χ2n) is 3.67. The van der Waals surface area contributed by atoms with Crippen LogP contribution in [0.3, 0.4) is 0 Å². The quantitative estimate of drug-likeness (QED) is 0.862. The van der Waals surface area contributed by atoms with E-state index in [1.807, 2.05) is 0 Å². The Bertz CT molecular complexity index is 552. The van der Waals surface area contributed by atoms with Gasteiger partial charge in [-0.2, -0.15) is 13.2 Å². The highest BCUT2D eigenvalue weighted by atomic mass is 19.4. The van der Waals surface area contributed by atoms with Crippen molar-refractivity contribution in [1.29, 1.82) is 0 Å². The number of nitrogens with two attached hydrogens (primary N) is 1. The van der Waals surface area contributed by atoms with E-state index in [1.54, 1.807) is 18.2 Å². The fourth-order valence-electron chi connectivity index (χ4n) is 1.47. The van der Waals surface area contributed by atoms with Gasteiger partial charge in [-0.15, -0.1) is 0 Å². The highest BCUT2D eigenvalue weighted by molar-refractivity contribution is 5.62. The summed E-state index contributed by atoms with van der Waals surface area (Å²) in [4.78, 5) is 3.80. The van der Waals surface area contributed by atoms with E-state index in [9.17, 15) is 13.2 Å². The predicted octanol–water partition coefficient (Wildman–Crippen LogP) is 3.43. The molecule has 0 saturated carbocycles. The molecule has 1 aromatic carbocycles. The Morgan fingerprint density at radius 3 is 2.44 bits per heavy atom. The van der Waals surface area contributed by atoms with Gasteiger partial charge in [-0.3, -0.25) is 0 Å². The van der Waals surface area contributed by atoms with Crippen molar-refractivity contribution in [3.05, 3.63) is 48.2 Å². The summed E-state index contributed by atoms with van der Waals surface area (Å²) in [7, 11) is 0. The second-order valence-corrected chi connectivity index (χ2v) is 3.67. The molecule has 0 bridgehead atoms. The van der Waals surface area contributed by atoms with E-state index in [-0.39, 0.29) is 0 Å². The minimum atomic E-state index is -4.35. The standard InChI is InChI=1S/C12H10F3N3/c13-12(14,15)8-2-1-3-9(6-8)18-10-4-5-17-11(16)7-10/h1-7H,(H3,16,17,18). The Balaban J connectivity index is 2.25. The number of aromatic nitrogens is 1. The molecule has 2 aromatic rings. The van der Waals surface area contributed by atoms with E-state index in [1.165, 1.54) is 12.3 Å². The van der Waals surface area contributed by atoms with Gasteiger partial charge in [0.05, 0.1) is 5.56 Å². The Kier molecular flexibility index (Phi) is 3.10. The molecule has 0 amide bonds. The number of nitrogen functional groups attached to an aromatic ring is 1. The smallest absolute Gasteiger partial charge is 0.384 e. The van der Waals surface area contributed by atoms with Crippen molar-refractivity contribution in [2.24, 2.45) is 0 Å². The fourth-order valence-corrected chi connectivity index (χ4v) is 1.47. The summed E-state index contributed by atoms with van der Waals surface area (Å²) < 4.78 is 37.5. The van der Waals surface area contributed by atoms with Crippen molar-refractivity contribution >= 4 is 17.2 Å². The molecule has 6 heteroatoms. The lowest BCUT2D eigenvalue weighted by atomic mass is 10.2. The molecule has 0 atom stereocenters. The van der Waals surface area contributed by atoms with E-state index in [2.05, 4.69) is 10.3 Å². The lowest BCUT2D eigenvalue weighted by molar-refractivity contribution is -0.137. The maximum absolute atomic E-state index is 12.5. The van der Waals surface area contributed by atoms with Gasteiger partial charge in [0, 0.05) is 23.6 Å². The number of nitrogens with one attached hydrogen (secondary N) is 1. The number of rotatable bonds is 2. The predicted molar refractivity (Wildman–Crippen MR) is 63.4 cm³/mol. The zero-order valence-corrected chi connectivity index (χ0v) is 9.20. The molecule has 0 aliphatic rings. The molecule has 0 aliphatic heterocycles. The van der Waals surface area contributed by atoms with Crippen LogP contribution >= 0.6 is 0 Å². The van der Waals surface area contributed by atoms with Crippen molar-refractivity contribution in [3.8, 4) is 0 Å². The number of anilines is 3. The number of benzene rings is 1. The molecule has 0 radical (unpaired) electrons. The Morgan fingerprint density at radius 1 is 1.06 bits per heavy atom. The molecular formula is C12H10F3N3. The number of pyridine rings is 1. The number of halogens is 3. The van der Waals surface area contributed by atoms with Crippen molar-refractivity contribution < 1.29 is 13.2 Å². The summed E-state index contributed by atoms with van der Waals surface area (Å²) in [6.07, 6.45) is -2.87. The van der Waals surface area contributed by atoms with Crippen LogP contribution in [0.4, 0.5) is 30.4 Å². The van der Waals surface area contributed by atoms with Crippen LogP contribution in [0, 0.1) is 0 Å². The zero-order valence-electron chi connectivity index (χ0n) is 9.20. The van der Waals surface area contributed by atoms with E-state index in [0.717, 1.165) is 12.1 Å². The average molecular weight is 253 g/mol. The summed E-state index contributed by atoms with van der Waals surface area (Å²) in [5, 5.41) is 2.84. The maximum atomic E-state index is 12.5. The van der Waals surface area contributed by atoms with Crippen LogP contribution in [0.25, 0.3) is 0 Å². The first kappa shape index (κ1) is 12.2. The number of alkyl halides is 3. The minimum absolute atomic E-state index is 0.298. The lowest BCUT2D eigenvalue weighted by Crippen LogP contribution is -2.05. The Labute approximate surface area is 101 Å². The van der Waals surface area contributed by atoms with Crippen LogP contribution in [-0.4, -0.2) is 4.98 Å². The highest BCUT2D eigenvalue weighted by Gasteiger charge is 2.30. The Morgan fingerprint density at radius 2 is 1.78 bits per heavy atom. The van der Waals surface area contributed by atoms with E-state index < -0.39 is 11.7 Å². The lowest BCUT2D eigenvalue weighted by Gasteiger charge is -2.10. The van der Waals surface area contributed by atoms with Crippen molar-refractivity contribution in [3.63, 3.8) is 0 Å². The summed E-state index contributed by atoms with van der Waals surface area (Å²) in [5.74, 6) is 0.298. The van der Waals surface area contributed by atoms with Crippen molar-refractivity contribution in [2.45, 2.75) is 6.18 Å². The molecule has 0 aliphatic carbocycles. The molecule has 0 unspecified atom stereocenters. The van der Waals surface area contributed by atoms with Gasteiger partial charge in [0.1, 0.15) is 5.82 Å². The highest BCUT2D eigenvalue weighted by Crippen LogP contribution is 2.31. The maximum Gasteiger partial charge on any atom is 0.416 e. The SMILES string of the molecule is Nc1cc(Nc2cccc(C(F)(F)F)c2)ccn1. The molecule has 1 heterocycles. The molecule has 3 N–H and O–H groups in total. The summed E-state index contributed by atoms with van der Waals surface area (Å²) >= 11 is 0. The third kappa shape index (κ3) is 2.91. The minimum Gasteiger partial charge on any atom is -0.384 e. The molecule has 2 rings (SSSR count). The Hall–Kier alpha value is -2.24. The summed E-state index contributed by atoms with van der Waals surface area (Å²) in [6.45, 7) is 0. The van der Waals surface area contributed by atoms with Crippen molar-refractivity contribution in [2.75, 3.05) is 11.1 Å². The van der Waals surface area contributed by atoms with Crippen LogP contribution in [-0.2, 0) is 6.18 Å². The first-order valence-corrected chi connectivity index (χ1v) is 5.11. The number of nitrogens with zero attached hydrogens (tertiary/aromatic N) is 1. The summed E-state index contributed by atoms with van der Waals surface area (Å²) in [5.41, 5.74) is 5.71. The van der Waals surface area contributed by atoms with Crippen LogP contribution in [0.15, 0.2) is 42.6 Å². The van der Waals surface area contributed by atoms with Crippen LogP contribution in [0.1, 0.15) is 5.56 Å². The molecule has 1 aromatic heterocycles. The fraction of sp³-hybridized carbons (Fsp3) is 0.0833. The summed E-state index contributed by atoms with van der Waals surface area (Å²) in [6, 6.07) is 8.11. The van der Waals surface area contributed by atoms with E-state index >= 15 is 0 Å². The van der Waals surface area contributed by atoms with E-state index in [4.69, 9.17) is 5.73 Å². The first-order valence-electron chi connectivity index (χ1n) is 5.11. The number of hydrogen-bond acceptors (Lipinski definition) is 3. The molecule has 3 nitrogen and oxygen atoms in total. The molecule has 94 valence electrons. The van der Waals surface area contributed by atoms with Crippen LogP contribution in [0.5, 0.6) is 0 Å². The number of hydrogen-bond donors (Lipinski definition) is 2. The van der Waals surface area contributed by atoms with Crippen LogP contribution < -0.4 is 11.1 Å². The van der Waals surface area contributed by atoms with Gasteiger partial charge in [0.15, 0.2) is 0 Å². The molecule has 18 heavy (non-hydrogen) atoms. The molecular weight excluding hydrogens is 243 g/mol. The van der Waals surface area contributed by atoms with Gasteiger partial charge in [-0.05, 0) is 24.3 Å². The average Bonchev–Trinajstić information content (AvgIpc) is 2.28. The molecule has 0 fully saturated rings. The second kappa shape index (κ2) is 4.56. The third-order valence-corrected chi connectivity index (χ3v) is 2.26. The van der Waals surface area contributed by atoms with Crippen LogP contribution in [0.2, 0.25) is 0 Å². The zero-order chi connectivity index (χ0) is 13.2. The normalized spacial score (nSPS) is 11.3. The van der Waals surface area contributed by atoms with Gasteiger partial charge < -0.3 is 11.1 Å². The first-order chi connectivity index (χ1) is 8.45. The van der Waals surface area contributed by atoms with Gasteiger partial charge >= 0.3 is 6.18 Å². The van der Waals surface area contributed by atoms with E-state index in [0.29, 0.717) is 17.2 Å².